The Morgan fingerprint density at radius 3 is 0.650 bits per heavy atom. The Balaban J connectivity index is -0.0000000844. The average molecular weight is 400 g/mol. The van der Waals surface area contributed by atoms with Crippen LogP contribution in [0.1, 0.15) is 6.92 Å². The molecule has 0 bridgehead atoms. The molecule has 0 aliphatic rings. The van der Waals surface area contributed by atoms with Gasteiger partial charge in [0.15, 0.2) is 0 Å². The van der Waals surface area contributed by atoms with E-state index in [4.69, 9.17) is 0 Å². The summed E-state index contributed by atoms with van der Waals surface area (Å²) < 4.78 is 0. The van der Waals surface area contributed by atoms with Crippen molar-refractivity contribution in [3.8, 4) is 0 Å². The molecule has 20 heavy (non-hydrogen) atoms. The monoisotopic (exact) mass is 398 g/mol. The Labute approximate surface area is 153 Å². The first kappa shape index (κ1) is 27.8. The van der Waals surface area contributed by atoms with Crippen molar-refractivity contribution >= 4 is 0 Å². The summed E-state index contributed by atoms with van der Waals surface area (Å²) in [7, 11) is 0. The molecule has 0 heterocycles. The van der Waals surface area contributed by atoms with Crippen LogP contribution in [-0.4, -0.2) is 0 Å². The molecule has 3 rings (SSSR count). The fourth-order valence-corrected chi connectivity index (χ4v) is 0.962. The van der Waals surface area contributed by atoms with Gasteiger partial charge in [0, 0.05) is 49.5 Å². The van der Waals surface area contributed by atoms with Gasteiger partial charge in [0.05, 0.1) is 0 Å². The Hall–Kier alpha value is -0.469. The van der Waals surface area contributed by atoms with E-state index in [1.54, 1.807) is 6.92 Å². The fourth-order valence-electron chi connectivity index (χ4n) is 0.962. The fraction of sp³-hybridized carbons (Fsp3) is 0.0588. The topological polar surface area (TPSA) is 0 Å². The van der Waals surface area contributed by atoms with Crippen molar-refractivity contribution in [2.24, 2.45) is 0 Å². The normalized spacial score (nSPS) is 6.30. The first-order valence-electron chi connectivity index (χ1n) is 5.71. The van der Waals surface area contributed by atoms with Gasteiger partial charge in [0.1, 0.15) is 0 Å². The Morgan fingerprint density at radius 1 is 0.450 bits per heavy atom. The van der Waals surface area contributed by atoms with Gasteiger partial charge in [0.2, 0.25) is 0 Å². The minimum absolute atomic E-state index is 0. The molecule has 0 amide bonds. The molecular formula is C17H20Ni3-4. The predicted molar refractivity (Wildman–Crippen MR) is 77.1 cm³/mol. The summed E-state index contributed by atoms with van der Waals surface area (Å²) in [5, 5.41) is 0. The molecule has 0 atom stereocenters. The standard InChI is InChI=1S/3C5H5.C2H5.3Ni/c3*1-2-4-5-3-1;1-2;;;/h3*1-5H;1H2,2H3;;;/q4*-1;;;. The van der Waals surface area contributed by atoms with Crippen LogP contribution >= 0.6 is 0 Å². The van der Waals surface area contributed by atoms with Crippen molar-refractivity contribution < 1.29 is 49.5 Å². The van der Waals surface area contributed by atoms with Gasteiger partial charge in [-0.3, -0.25) is 0 Å². The zero-order chi connectivity index (χ0) is 12.6. The summed E-state index contributed by atoms with van der Waals surface area (Å²) >= 11 is 0. The number of hydrogen-bond donors (Lipinski definition) is 0. The van der Waals surface area contributed by atoms with Gasteiger partial charge < -0.3 is 6.92 Å². The molecule has 0 N–H and O–H groups in total. The van der Waals surface area contributed by atoms with Crippen LogP contribution in [0.4, 0.5) is 0 Å². The summed E-state index contributed by atoms with van der Waals surface area (Å²) in [4.78, 5) is 0. The average Bonchev–Trinajstić information content (AvgIpc) is 3.16. The molecule has 0 aromatic heterocycles. The first-order valence-corrected chi connectivity index (χ1v) is 5.71. The van der Waals surface area contributed by atoms with E-state index in [2.05, 4.69) is 6.92 Å². The van der Waals surface area contributed by atoms with Crippen molar-refractivity contribution in [1.82, 2.24) is 0 Å². The van der Waals surface area contributed by atoms with E-state index in [1.165, 1.54) is 0 Å². The number of rotatable bonds is 0. The van der Waals surface area contributed by atoms with Crippen molar-refractivity contribution in [3.05, 3.63) is 97.9 Å². The molecule has 0 nitrogen and oxygen atoms in total. The minimum Gasteiger partial charge on any atom is -0.346 e. The third-order valence-corrected chi connectivity index (χ3v) is 1.67. The summed E-state index contributed by atoms with van der Waals surface area (Å²) in [6.45, 7) is 5.00. The molecule has 122 valence electrons. The Kier molecular flexibility index (Phi) is 37.5. The van der Waals surface area contributed by atoms with Gasteiger partial charge >= 0.3 is 0 Å². The van der Waals surface area contributed by atoms with E-state index in [1.807, 2.05) is 91.0 Å². The van der Waals surface area contributed by atoms with Crippen LogP contribution in [0.2, 0.25) is 0 Å². The minimum atomic E-state index is 0. The van der Waals surface area contributed by atoms with E-state index in [0.29, 0.717) is 0 Å². The smallest absolute Gasteiger partial charge is 0 e. The molecule has 0 saturated carbocycles. The van der Waals surface area contributed by atoms with E-state index in [9.17, 15) is 0 Å². The third-order valence-electron chi connectivity index (χ3n) is 1.67. The third kappa shape index (κ3) is 22.7. The predicted octanol–water partition coefficient (Wildman–Crippen LogP) is 5.05. The van der Waals surface area contributed by atoms with E-state index in [-0.39, 0.29) is 49.5 Å². The first-order chi connectivity index (χ1) is 8.50. The zero-order valence-corrected chi connectivity index (χ0v) is 14.3. The molecular weight excluding hydrogens is 380 g/mol. The Bertz CT molecular complexity index is 244. The zero-order valence-electron chi connectivity index (χ0n) is 11.3. The SMILES string of the molecule is [CH2-]C.[Ni].[Ni].[Ni].c1cc[cH-]c1.c1cc[cH-]c1.c1cc[cH-]c1. The molecule has 0 aliphatic heterocycles. The van der Waals surface area contributed by atoms with Crippen LogP contribution in [0.15, 0.2) is 91.0 Å². The molecule has 3 aromatic rings. The maximum atomic E-state index is 3.25. The maximum Gasteiger partial charge on any atom is 0 e. The number of hydrogen-bond acceptors (Lipinski definition) is 0. The van der Waals surface area contributed by atoms with Crippen LogP contribution in [0.5, 0.6) is 0 Å². The molecule has 3 aromatic carbocycles. The maximum absolute atomic E-state index is 3.25. The molecule has 0 saturated heterocycles. The van der Waals surface area contributed by atoms with Gasteiger partial charge in [-0.15, -0.1) is 0 Å². The van der Waals surface area contributed by atoms with Crippen molar-refractivity contribution in [3.63, 3.8) is 0 Å². The second-order valence-corrected chi connectivity index (χ2v) is 2.89. The van der Waals surface area contributed by atoms with Gasteiger partial charge in [-0.2, -0.15) is 61.5 Å². The van der Waals surface area contributed by atoms with E-state index >= 15 is 0 Å². The quantitative estimate of drug-likeness (QED) is 0.366. The molecule has 0 fully saturated rings. The second-order valence-electron chi connectivity index (χ2n) is 2.89. The van der Waals surface area contributed by atoms with Crippen molar-refractivity contribution in [1.29, 1.82) is 0 Å². The summed E-state index contributed by atoms with van der Waals surface area (Å²) in [6.07, 6.45) is 0. The van der Waals surface area contributed by atoms with Gasteiger partial charge in [0.25, 0.3) is 0 Å². The van der Waals surface area contributed by atoms with Crippen molar-refractivity contribution in [2.75, 3.05) is 0 Å². The van der Waals surface area contributed by atoms with Gasteiger partial charge in [-0.05, 0) is 0 Å². The van der Waals surface area contributed by atoms with E-state index < -0.39 is 0 Å². The van der Waals surface area contributed by atoms with Crippen LogP contribution in [0.25, 0.3) is 0 Å². The second kappa shape index (κ2) is 27.0. The van der Waals surface area contributed by atoms with Crippen LogP contribution in [0.3, 0.4) is 0 Å². The summed E-state index contributed by atoms with van der Waals surface area (Å²) in [5.74, 6) is 0. The van der Waals surface area contributed by atoms with Crippen LogP contribution in [0, 0.1) is 6.92 Å². The van der Waals surface area contributed by atoms with Crippen molar-refractivity contribution in [2.45, 2.75) is 6.92 Å². The van der Waals surface area contributed by atoms with Crippen LogP contribution < -0.4 is 0 Å². The van der Waals surface area contributed by atoms with E-state index in [0.717, 1.165) is 0 Å². The Morgan fingerprint density at radius 2 is 0.600 bits per heavy atom. The molecule has 3 heteroatoms. The van der Waals surface area contributed by atoms with Gasteiger partial charge in [-0.1, -0.05) is 0 Å². The summed E-state index contributed by atoms with van der Waals surface area (Å²) in [5.41, 5.74) is 0. The summed E-state index contributed by atoms with van der Waals surface area (Å²) in [6, 6.07) is 30.0. The molecule has 0 unspecified atom stereocenters. The van der Waals surface area contributed by atoms with Crippen LogP contribution in [-0.2, 0) is 49.5 Å². The molecule has 0 aliphatic carbocycles. The van der Waals surface area contributed by atoms with Gasteiger partial charge in [-0.25, -0.2) is 36.4 Å². The molecule has 0 radical (unpaired) electrons. The molecule has 0 spiro atoms. The largest absolute Gasteiger partial charge is 0.346 e.